The van der Waals surface area contributed by atoms with Gasteiger partial charge in [0.25, 0.3) is 11.6 Å². The number of amides is 1. The van der Waals surface area contributed by atoms with Crippen LogP contribution in [0.5, 0.6) is 0 Å². The molecule has 0 unspecified atom stereocenters. The molecule has 0 fully saturated rings. The number of benzene rings is 1. The first-order valence-corrected chi connectivity index (χ1v) is 6.82. The molecule has 2 rings (SSSR count). The van der Waals surface area contributed by atoms with Crippen LogP contribution in [0.1, 0.15) is 21.9 Å². The molecule has 20 heavy (non-hydrogen) atoms. The minimum Gasteiger partial charge on any atom is -0.465 e. The molecule has 2 aromatic rings. The average molecular weight is 386 g/mol. The summed E-state index contributed by atoms with van der Waals surface area (Å²) >= 11 is 1.97. The van der Waals surface area contributed by atoms with Crippen molar-refractivity contribution in [3.63, 3.8) is 0 Å². The minimum absolute atomic E-state index is 0.107. The van der Waals surface area contributed by atoms with E-state index in [4.69, 9.17) is 4.42 Å². The molecule has 1 aromatic carbocycles. The van der Waals surface area contributed by atoms with E-state index in [1.165, 1.54) is 12.1 Å². The molecule has 6 nitrogen and oxygen atoms in total. The van der Waals surface area contributed by atoms with Gasteiger partial charge in [-0.3, -0.25) is 14.9 Å². The van der Waals surface area contributed by atoms with E-state index >= 15 is 0 Å². The summed E-state index contributed by atoms with van der Waals surface area (Å²) in [4.78, 5) is 22.2. The Hall–Kier alpha value is -1.90. The van der Waals surface area contributed by atoms with Gasteiger partial charge in [-0.2, -0.15) is 0 Å². The molecule has 0 bridgehead atoms. The van der Waals surface area contributed by atoms with E-state index in [0.717, 1.165) is 5.76 Å². The van der Waals surface area contributed by atoms with E-state index in [9.17, 15) is 14.9 Å². The van der Waals surface area contributed by atoms with Crippen molar-refractivity contribution in [2.45, 2.75) is 13.5 Å². The molecule has 0 aliphatic rings. The Morgan fingerprint density at radius 1 is 1.40 bits per heavy atom. The third-order valence-corrected chi connectivity index (χ3v) is 3.57. The van der Waals surface area contributed by atoms with Crippen LogP contribution in [0.4, 0.5) is 5.69 Å². The third kappa shape index (κ3) is 3.35. The second-order valence-electron chi connectivity index (χ2n) is 4.12. The molecule has 1 aromatic heterocycles. The van der Waals surface area contributed by atoms with Gasteiger partial charge in [0.05, 0.1) is 17.0 Å². The zero-order valence-electron chi connectivity index (χ0n) is 10.6. The first-order chi connectivity index (χ1) is 9.47. The van der Waals surface area contributed by atoms with Crippen molar-refractivity contribution in [2.75, 3.05) is 0 Å². The maximum Gasteiger partial charge on any atom is 0.270 e. The molecule has 0 saturated heterocycles. The molecule has 1 N–H and O–H groups in total. The number of carbonyl (C=O) groups excluding carboxylic acids is 1. The zero-order chi connectivity index (χ0) is 14.7. The number of rotatable bonds is 4. The highest BCUT2D eigenvalue weighted by molar-refractivity contribution is 14.1. The molecule has 0 radical (unpaired) electrons. The summed E-state index contributed by atoms with van der Waals surface area (Å²) in [5.74, 6) is 1.03. The monoisotopic (exact) mass is 386 g/mol. The number of halogens is 1. The first-order valence-electron chi connectivity index (χ1n) is 5.75. The molecule has 1 heterocycles. The van der Waals surface area contributed by atoms with Gasteiger partial charge in [0.15, 0.2) is 0 Å². The first kappa shape index (κ1) is 14.5. The number of carbonyl (C=O) groups is 1. The van der Waals surface area contributed by atoms with Crippen LogP contribution in [-0.2, 0) is 6.54 Å². The number of hydrogen-bond acceptors (Lipinski definition) is 4. The van der Waals surface area contributed by atoms with Gasteiger partial charge in [-0.1, -0.05) is 0 Å². The standard InChI is InChI=1S/C13H11IN2O4/c1-8-2-4-10(20-8)7-15-13(17)11-6-9(16(18)19)3-5-12(11)14/h2-6H,7H2,1H3,(H,15,17). The predicted molar refractivity (Wildman–Crippen MR) is 80.4 cm³/mol. The van der Waals surface area contributed by atoms with Crippen LogP contribution < -0.4 is 5.32 Å². The van der Waals surface area contributed by atoms with Gasteiger partial charge in [-0.05, 0) is 47.7 Å². The van der Waals surface area contributed by atoms with Crippen LogP contribution in [0.3, 0.4) is 0 Å². The number of nitrogens with zero attached hydrogens (tertiary/aromatic N) is 1. The molecule has 104 valence electrons. The molecular formula is C13H11IN2O4. The number of nitro groups is 1. The van der Waals surface area contributed by atoms with Gasteiger partial charge in [0.2, 0.25) is 0 Å². The number of nitro benzene ring substituents is 1. The van der Waals surface area contributed by atoms with E-state index < -0.39 is 4.92 Å². The van der Waals surface area contributed by atoms with Crippen LogP contribution in [-0.4, -0.2) is 10.8 Å². The lowest BCUT2D eigenvalue weighted by atomic mass is 10.2. The molecule has 1 amide bonds. The summed E-state index contributed by atoms with van der Waals surface area (Å²) in [5, 5.41) is 13.4. The van der Waals surface area contributed by atoms with Crippen LogP contribution in [0, 0.1) is 20.6 Å². The quantitative estimate of drug-likeness (QED) is 0.497. The Morgan fingerprint density at radius 3 is 2.75 bits per heavy atom. The molecule has 0 atom stereocenters. The van der Waals surface area contributed by atoms with Gasteiger partial charge in [-0.25, -0.2) is 0 Å². The molecule has 0 aliphatic carbocycles. The highest BCUT2D eigenvalue weighted by atomic mass is 127. The summed E-state index contributed by atoms with van der Waals surface area (Å²) < 4.78 is 5.99. The van der Waals surface area contributed by atoms with E-state index in [2.05, 4.69) is 5.32 Å². The van der Waals surface area contributed by atoms with Crippen LogP contribution in [0.15, 0.2) is 34.7 Å². The highest BCUT2D eigenvalue weighted by Crippen LogP contribution is 2.19. The van der Waals surface area contributed by atoms with E-state index in [1.54, 1.807) is 18.2 Å². The second kappa shape index (κ2) is 6.04. The number of furan rings is 1. The summed E-state index contributed by atoms with van der Waals surface area (Å²) in [6, 6.07) is 7.76. The fourth-order valence-corrected chi connectivity index (χ4v) is 2.22. The normalized spacial score (nSPS) is 10.3. The Morgan fingerprint density at radius 2 is 2.15 bits per heavy atom. The lowest BCUT2D eigenvalue weighted by Crippen LogP contribution is -2.23. The number of aryl methyl sites for hydroxylation is 1. The number of hydrogen-bond donors (Lipinski definition) is 1. The Balaban J connectivity index is 2.12. The van der Waals surface area contributed by atoms with Gasteiger partial charge < -0.3 is 9.73 Å². The van der Waals surface area contributed by atoms with Crippen molar-refractivity contribution < 1.29 is 14.1 Å². The fourth-order valence-electron chi connectivity index (χ4n) is 1.64. The maximum absolute atomic E-state index is 12.0. The molecule has 0 saturated carbocycles. The van der Waals surface area contributed by atoms with E-state index in [0.29, 0.717) is 9.33 Å². The summed E-state index contributed by atoms with van der Waals surface area (Å²) in [5.41, 5.74) is 0.174. The molecule has 0 aliphatic heterocycles. The van der Waals surface area contributed by atoms with Crippen LogP contribution in [0.2, 0.25) is 0 Å². The average Bonchev–Trinajstić information content (AvgIpc) is 2.82. The lowest BCUT2D eigenvalue weighted by molar-refractivity contribution is -0.384. The van der Waals surface area contributed by atoms with Gasteiger partial charge >= 0.3 is 0 Å². The number of non-ortho nitro benzene ring substituents is 1. The van der Waals surface area contributed by atoms with Crippen LogP contribution >= 0.6 is 22.6 Å². The third-order valence-electron chi connectivity index (χ3n) is 2.62. The summed E-state index contributed by atoms with van der Waals surface area (Å²) in [7, 11) is 0. The topological polar surface area (TPSA) is 85.4 Å². The lowest BCUT2D eigenvalue weighted by Gasteiger charge is -2.05. The van der Waals surface area contributed by atoms with Crippen molar-refractivity contribution in [3.05, 3.63) is 61.1 Å². The van der Waals surface area contributed by atoms with E-state index in [-0.39, 0.29) is 23.7 Å². The molecule has 7 heteroatoms. The largest absolute Gasteiger partial charge is 0.465 e. The highest BCUT2D eigenvalue weighted by Gasteiger charge is 2.15. The number of nitrogens with one attached hydrogen (secondary N) is 1. The summed E-state index contributed by atoms with van der Waals surface area (Å²) in [6.07, 6.45) is 0. The molecule has 0 spiro atoms. The Bertz CT molecular complexity index is 666. The SMILES string of the molecule is Cc1ccc(CNC(=O)c2cc([N+](=O)[O-])ccc2I)o1. The van der Waals surface area contributed by atoms with Crippen molar-refractivity contribution in [3.8, 4) is 0 Å². The summed E-state index contributed by atoms with van der Waals surface area (Å²) in [6.45, 7) is 2.06. The fraction of sp³-hybridized carbons (Fsp3) is 0.154. The van der Waals surface area contributed by atoms with Crippen molar-refractivity contribution in [1.29, 1.82) is 0 Å². The Labute approximate surface area is 128 Å². The van der Waals surface area contributed by atoms with Crippen molar-refractivity contribution >= 4 is 34.2 Å². The minimum atomic E-state index is -0.525. The van der Waals surface area contributed by atoms with Crippen molar-refractivity contribution in [2.24, 2.45) is 0 Å². The van der Waals surface area contributed by atoms with Crippen molar-refractivity contribution in [1.82, 2.24) is 5.32 Å². The zero-order valence-corrected chi connectivity index (χ0v) is 12.7. The maximum atomic E-state index is 12.0. The van der Waals surface area contributed by atoms with E-state index in [1.807, 2.05) is 29.5 Å². The smallest absolute Gasteiger partial charge is 0.270 e. The predicted octanol–water partition coefficient (Wildman–Crippen LogP) is 3.03. The Kier molecular flexibility index (Phi) is 4.38. The van der Waals surface area contributed by atoms with Gasteiger partial charge in [0, 0.05) is 15.7 Å². The van der Waals surface area contributed by atoms with Gasteiger partial charge in [0.1, 0.15) is 11.5 Å². The van der Waals surface area contributed by atoms with Crippen LogP contribution in [0.25, 0.3) is 0 Å². The molecular weight excluding hydrogens is 375 g/mol. The second-order valence-corrected chi connectivity index (χ2v) is 5.28. The van der Waals surface area contributed by atoms with Gasteiger partial charge in [-0.15, -0.1) is 0 Å².